The van der Waals surface area contributed by atoms with Crippen LogP contribution in [0.1, 0.15) is 40.8 Å². The minimum Gasteiger partial charge on any atom is -0.450 e. The Kier molecular flexibility index (Phi) is 9.51. The van der Waals surface area contributed by atoms with E-state index in [9.17, 15) is 20.1 Å². The highest BCUT2D eigenvalue weighted by Gasteiger charge is 2.28. The van der Waals surface area contributed by atoms with E-state index >= 15 is 0 Å². The molecule has 0 aliphatic carbocycles. The third kappa shape index (κ3) is 6.45. The molecule has 1 aliphatic rings. The lowest BCUT2D eigenvalue weighted by atomic mass is 10.0. The van der Waals surface area contributed by atoms with E-state index in [1.165, 1.54) is 0 Å². The number of anilines is 1. The summed E-state index contributed by atoms with van der Waals surface area (Å²) in [5, 5.41) is 19.6. The first-order chi connectivity index (χ1) is 17.4. The highest BCUT2D eigenvalue weighted by atomic mass is 32.2. The number of amides is 2. The van der Waals surface area contributed by atoms with Crippen LogP contribution in [-0.2, 0) is 16.0 Å². The molecule has 2 aromatic rings. The van der Waals surface area contributed by atoms with Gasteiger partial charge in [-0.15, -0.1) is 0 Å². The third-order valence-electron chi connectivity index (χ3n) is 5.95. The number of hydrogen-bond acceptors (Lipinski definition) is 9. The fourth-order valence-corrected chi connectivity index (χ4v) is 5.23. The Bertz CT molecular complexity index is 1170. The minimum absolute atomic E-state index is 0.272. The fourth-order valence-electron chi connectivity index (χ4n) is 4.17. The maximum atomic E-state index is 12.3. The lowest BCUT2D eigenvalue weighted by Crippen LogP contribution is -2.47. The molecular formula is C25H29N7O3S. The van der Waals surface area contributed by atoms with Crippen molar-refractivity contribution in [3.8, 4) is 12.1 Å². The van der Waals surface area contributed by atoms with Gasteiger partial charge < -0.3 is 21.1 Å². The topological polar surface area (TPSA) is 162 Å². The number of nitrogens with two attached hydrogens (primary N) is 2. The lowest BCUT2D eigenvalue weighted by molar-refractivity contribution is -0.117. The summed E-state index contributed by atoms with van der Waals surface area (Å²) in [6.45, 7) is 5.66. The third-order valence-corrected chi connectivity index (χ3v) is 7.21. The number of hydrogen-bond donors (Lipinski definition) is 2. The second kappa shape index (κ2) is 12.8. The van der Waals surface area contributed by atoms with Crippen molar-refractivity contribution in [1.29, 1.82) is 10.5 Å². The number of carbonyl (C=O) groups excluding carboxylic acids is 2. The molecule has 4 N–H and O–H groups in total. The van der Waals surface area contributed by atoms with Gasteiger partial charge in [-0.25, -0.2) is 9.78 Å². The Morgan fingerprint density at radius 1 is 1.11 bits per heavy atom. The zero-order valence-electron chi connectivity index (χ0n) is 20.1. The van der Waals surface area contributed by atoms with Gasteiger partial charge in [-0.3, -0.25) is 9.69 Å². The van der Waals surface area contributed by atoms with E-state index in [-0.39, 0.29) is 6.61 Å². The summed E-state index contributed by atoms with van der Waals surface area (Å²) in [6, 6.07) is 13.6. The number of aromatic nitrogens is 1. The molecule has 3 rings (SSSR count). The van der Waals surface area contributed by atoms with Gasteiger partial charge in [0, 0.05) is 32.7 Å². The molecule has 0 saturated carbocycles. The van der Waals surface area contributed by atoms with Crippen LogP contribution < -0.4 is 16.4 Å². The highest BCUT2D eigenvalue weighted by molar-refractivity contribution is 8.00. The molecule has 1 aromatic carbocycles. The summed E-state index contributed by atoms with van der Waals surface area (Å²) in [6.07, 6.45) is 0.374. The van der Waals surface area contributed by atoms with Crippen molar-refractivity contribution < 1.29 is 14.3 Å². The van der Waals surface area contributed by atoms with Crippen LogP contribution in [0.4, 0.5) is 10.6 Å². The van der Waals surface area contributed by atoms with Crippen molar-refractivity contribution in [3.05, 3.63) is 52.6 Å². The molecule has 10 nitrogen and oxygen atoms in total. The van der Waals surface area contributed by atoms with Crippen LogP contribution in [0.3, 0.4) is 0 Å². The zero-order chi connectivity index (χ0) is 26.1. The number of nitrogens with zero attached hydrogens (tertiary/aromatic N) is 5. The number of ether oxygens (including phenoxy) is 1. The number of benzene rings is 1. The van der Waals surface area contributed by atoms with Gasteiger partial charge in [0.05, 0.1) is 17.7 Å². The van der Waals surface area contributed by atoms with Crippen molar-refractivity contribution in [2.24, 2.45) is 11.5 Å². The van der Waals surface area contributed by atoms with Crippen molar-refractivity contribution in [2.75, 3.05) is 44.2 Å². The zero-order valence-corrected chi connectivity index (χ0v) is 21.0. The van der Waals surface area contributed by atoms with E-state index in [0.717, 1.165) is 37.0 Å². The van der Waals surface area contributed by atoms with Gasteiger partial charge in [-0.2, -0.15) is 10.5 Å². The molecule has 188 valence electrons. The van der Waals surface area contributed by atoms with E-state index in [0.29, 0.717) is 53.5 Å². The van der Waals surface area contributed by atoms with E-state index in [4.69, 9.17) is 21.2 Å². The Labute approximate surface area is 214 Å². The molecule has 1 fully saturated rings. The molecule has 11 heteroatoms. The predicted octanol–water partition coefficient (Wildman–Crippen LogP) is 2.31. The first-order valence-electron chi connectivity index (χ1n) is 11.7. The van der Waals surface area contributed by atoms with Gasteiger partial charge in [-0.05, 0) is 24.0 Å². The molecule has 1 atom stereocenters. The maximum absolute atomic E-state index is 12.3. The van der Waals surface area contributed by atoms with Crippen molar-refractivity contribution >= 4 is 29.6 Å². The maximum Gasteiger partial charge on any atom is 0.404 e. The summed E-state index contributed by atoms with van der Waals surface area (Å²) in [4.78, 5) is 32.1. The van der Waals surface area contributed by atoms with E-state index in [1.807, 2.05) is 42.2 Å². The Morgan fingerprint density at radius 3 is 2.33 bits per heavy atom. The number of piperazine rings is 1. The predicted molar refractivity (Wildman–Crippen MR) is 136 cm³/mol. The van der Waals surface area contributed by atoms with Crippen molar-refractivity contribution in [2.45, 2.75) is 30.0 Å². The summed E-state index contributed by atoms with van der Waals surface area (Å²) in [5.41, 5.74) is 12.8. The molecular weight excluding hydrogens is 478 g/mol. The van der Waals surface area contributed by atoms with Gasteiger partial charge in [0.1, 0.15) is 28.2 Å². The van der Waals surface area contributed by atoms with Gasteiger partial charge >= 0.3 is 6.09 Å². The quantitative estimate of drug-likeness (QED) is 0.363. The molecule has 1 aliphatic heterocycles. The van der Waals surface area contributed by atoms with Crippen molar-refractivity contribution in [3.63, 3.8) is 0 Å². The summed E-state index contributed by atoms with van der Waals surface area (Å²) >= 11 is 1.14. The van der Waals surface area contributed by atoms with Crippen molar-refractivity contribution in [1.82, 2.24) is 9.88 Å². The van der Waals surface area contributed by atoms with Crippen LogP contribution in [0.5, 0.6) is 0 Å². The van der Waals surface area contributed by atoms with Crippen LogP contribution in [0.25, 0.3) is 0 Å². The number of rotatable bonds is 10. The minimum atomic E-state index is -0.776. The Balaban J connectivity index is 1.87. The molecule has 1 aromatic heterocycles. The van der Waals surface area contributed by atoms with Crippen LogP contribution in [0.15, 0.2) is 35.4 Å². The first-order valence-corrected chi connectivity index (χ1v) is 12.5. The van der Waals surface area contributed by atoms with Gasteiger partial charge in [0.15, 0.2) is 0 Å². The normalized spacial score (nSPS) is 14.5. The molecule has 0 spiro atoms. The van der Waals surface area contributed by atoms with Crippen LogP contribution >= 0.6 is 11.8 Å². The summed E-state index contributed by atoms with van der Waals surface area (Å²) in [5.74, 6) is -0.0152. The van der Waals surface area contributed by atoms with Crippen LogP contribution in [0.2, 0.25) is 0 Å². The number of carbonyl (C=O) groups is 2. The molecule has 1 saturated heterocycles. The number of nitriles is 2. The number of primary amides is 2. The summed E-state index contributed by atoms with van der Waals surface area (Å²) in [7, 11) is 0. The Morgan fingerprint density at radius 2 is 1.78 bits per heavy atom. The van der Waals surface area contributed by atoms with E-state index < -0.39 is 17.3 Å². The molecule has 1 unspecified atom stereocenters. The van der Waals surface area contributed by atoms with Gasteiger partial charge in [-0.1, -0.05) is 49.0 Å². The second-order valence-electron chi connectivity index (χ2n) is 8.21. The van der Waals surface area contributed by atoms with E-state index in [2.05, 4.69) is 17.0 Å². The van der Waals surface area contributed by atoms with E-state index in [1.54, 1.807) is 0 Å². The Hall–Kier alpha value is -3.80. The standard InChI is InChI=1S/C25H29N7O3S/c1-2-18-19(15-26)23(32-12-10-31(11-13-32)9-6-14-35-25(29)34)30-24(20(18)16-27)36-21(22(28)33)17-7-4-3-5-8-17/h3-5,7-8,21H,2,6,9-14H2,1H3,(H2,28,33)(H2,29,34). The summed E-state index contributed by atoms with van der Waals surface area (Å²) < 4.78 is 4.79. The molecule has 0 bridgehead atoms. The molecule has 36 heavy (non-hydrogen) atoms. The number of thioether (sulfide) groups is 1. The van der Waals surface area contributed by atoms with Crippen LogP contribution in [0, 0.1) is 22.7 Å². The van der Waals surface area contributed by atoms with Gasteiger partial charge in [0.2, 0.25) is 5.91 Å². The lowest BCUT2D eigenvalue weighted by Gasteiger charge is -2.36. The SMILES string of the molecule is CCc1c(C#N)c(SC(C(N)=O)c2ccccc2)nc(N2CCN(CCCOC(N)=O)CC2)c1C#N. The average molecular weight is 508 g/mol. The first kappa shape index (κ1) is 26.8. The molecule has 2 amide bonds. The van der Waals surface area contributed by atoms with Gasteiger partial charge in [0.25, 0.3) is 0 Å². The largest absolute Gasteiger partial charge is 0.450 e. The van der Waals surface area contributed by atoms with Crippen LogP contribution in [-0.4, -0.2) is 61.2 Å². The second-order valence-corrected chi connectivity index (χ2v) is 9.30. The average Bonchev–Trinajstić information content (AvgIpc) is 2.89. The molecule has 2 heterocycles. The highest BCUT2D eigenvalue weighted by Crippen LogP contribution is 2.39. The monoisotopic (exact) mass is 507 g/mol. The number of pyridine rings is 1. The fraction of sp³-hybridized carbons (Fsp3) is 0.400. The molecule has 0 radical (unpaired) electrons. The smallest absolute Gasteiger partial charge is 0.404 e.